The molecule has 2 rings (SSSR count). The number of nitrogens with one attached hydrogen (secondary N) is 2. The maximum absolute atomic E-state index is 12.2. The molecular formula is C15H22N2OS. The number of thioether (sulfide) groups is 1. The van der Waals surface area contributed by atoms with Crippen molar-refractivity contribution in [1.29, 1.82) is 0 Å². The van der Waals surface area contributed by atoms with Crippen molar-refractivity contribution < 1.29 is 4.79 Å². The third kappa shape index (κ3) is 3.66. The summed E-state index contributed by atoms with van der Waals surface area (Å²) in [4.78, 5) is 12.2. The molecule has 0 saturated carbocycles. The minimum absolute atomic E-state index is 0.0236. The van der Waals surface area contributed by atoms with Crippen LogP contribution in [-0.2, 0) is 6.42 Å². The Hall–Kier alpha value is -1.16. The zero-order valence-electron chi connectivity index (χ0n) is 11.9. The Morgan fingerprint density at radius 3 is 3.00 bits per heavy atom. The van der Waals surface area contributed by atoms with Gasteiger partial charge in [-0.15, -0.1) is 0 Å². The topological polar surface area (TPSA) is 41.1 Å². The summed E-state index contributed by atoms with van der Waals surface area (Å²) in [7, 11) is 0. The average Bonchev–Trinajstić information content (AvgIpc) is 2.44. The molecule has 19 heavy (non-hydrogen) atoms. The van der Waals surface area contributed by atoms with Crippen molar-refractivity contribution >= 4 is 23.4 Å². The molecule has 1 aromatic rings. The lowest BCUT2D eigenvalue weighted by Gasteiger charge is -2.23. The molecule has 1 aliphatic rings. The van der Waals surface area contributed by atoms with E-state index >= 15 is 0 Å². The van der Waals surface area contributed by atoms with Crippen LogP contribution in [0.5, 0.6) is 0 Å². The Balaban J connectivity index is 2.03. The first-order chi connectivity index (χ1) is 9.02. The Morgan fingerprint density at radius 1 is 1.47 bits per heavy atom. The van der Waals surface area contributed by atoms with Crippen molar-refractivity contribution in [3.05, 3.63) is 29.3 Å². The molecule has 1 amide bonds. The number of carbonyl (C=O) groups is 1. The van der Waals surface area contributed by atoms with E-state index in [0.29, 0.717) is 6.54 Å². The van der Waals surface area contributed by atoms with Gasteiger partial charge in [0.15, 0.2) is 0 Å². The van der Waals surface area contributed by atoms with E-state index in [2.05, 4.69) is 30.7 Å². The van der Waals surface area contributed by atoms with Crippen LogP contribution in [0.2, 0.25) is 0 Å². The maximum atomic E-state index is 12.2. The molecule has 0 fully saturated rings. The zero-order valence-corrected chi connectivity index (χ0v) is 12.7. The largest absolute Gasteiger partial charge is 0.385 e. The molecule has 0 atom stereocenters. The Morgan fingerprint density at radius 2 is 2.26 bits per heavy atom. The molecule has 1 heterocycles. The third-order valence-corrected chi connectivity index (χ3v) is 4.78. The average molecular weight is 278 g/mol. The van der Waals surface area contributed by atoms with E-state index in [1.165, 1.54) is 11.3 Å². The summed E-state index contributed by atoms with van der Waals surface area (Å²) in [6, 6.07) is 5.94. The van der Waals surface area contributed by atoms with Gasteiger partial charge in [-0.25, -0.2) is 0 Å². The highest BCUT2D eigenvalue weighted by molar-refractivity contribution is 7.99. The first kappa shape index (κ1) is 14.3. The van der Waals surface area contributed by atoms with Crippen LogP contribution in [0.1, 0.15) is 36.2 Å². The SMILES string of the molecule is CSC(C)(C)CNC(=O)c1ccc2c(c1)CCCN2. The van der Waals surface area contributed by atoms with Gasteiger partial charge in [-0.1, -0.05) is 0 Å². The highest BCUT2D eigenvalue weighted by Crippen LogP contribution is 2.23. The molecule has 2 N–H and O–H groups in total. The molecule has 1 aromatic carbocycles. The molecule has 1 aliphatic heterocycles. The van der Waals surface area contributed by atoms with Crippen molar-refractivity contribution in [2.45, 2.75) is 31.4 Å². The molecule has 0 aromatic heterocycles. The van der Waals surface area contributed by atoms with Crippen molar-refractivity contribution in [2.75, 3.05) is 24.7 Å². The summed E-state index contributed by atoms with van der Waals surface area (Å²) in [5, 5.41) is 6.38. The summed E-state index contributed by atoms with van der Waals surface area (Å²) in [5.41, 5.74) is 3.19. The molecule has 0 unspecified atom stereocenters. The maximum Gasteiger partial charge on any atom is 0.251 e. The quantitative estimate of drug-likeness (QED) is 0.890. The summed E-state index contributed by atoms with van der Waals surface area (Å²) in [5.74, 6) is 0.0236. The summed E-state index contributed by atoms with van der Waals surface area (Å²) in [6.45, 7) is 5.98. The standard InChI is InChI=1S/C15H22N2OS/c1-15(2,19-3)10-17-14(18)12-6-7-13-11(9-12)5-4-8-16-13/h6-7,9,16H,4-5,8,10H2,1-3H3,(H,17,18). The lowest BCUT2D eigenvalue weighted by atomic mass is 10.0. The van der Waals surface area contributed by atoms with Crippen LogP contribution in [0.3, 0.4) is 0 Å². The van der Waals surface area contributed by atoms with E-state index in [4.69, 9.17) is 0 Å². The van der Waals surface area contributed by atoms with Gasteiger partial charge in [-0.2, -0.15) is 11.8 Å². The molecule has 0 radical (unpaired) electrons. The predicted octanol–water partition coefficient (Wildman–Crippen LogP) is 2.92. The van der Waals surface area contributed by atoms with Crippen LogP contribution in [-0.4, -0.2) is 30.0 Å². The molecular weight excluding hydrogens is 256 g/mol. The second kappa shape index (κ2) is 5.87. The van der Waals surface area contributed by atoms with Gasteiger partial charge in [0, 0.05) is 29.1 Å². The highest BCUT2D eigenvalue weighted by Gasteiger charge is 2.18. The third-order valence-electron chi connectivity index (χ3n) is 3.53. The molecule has 104 valence electrons. The minimum atomic E-state index is 0.0236. The van der Waals surface area contributed by atoms with Crippen LogP contribution in [0.15, 0.2) is 18.2 Å². The van der Waals surface area contributed by atoms with Crippen LogP contribution >= 0.6 is 11.8 Å². The van der Waals surface area contributed by atoms with Gasteiger partial charge in [-0.3, -0.25) is 4.79 Å². The van der Waals surface area contributed by atoms with Gasteiger partial charge in [0.25, 0.3) is 5.91 Å². The van der Waals surface area contributed by atoms with Gasteiger partial charge >= 0.3 is 0 Å². The number of fused-ring (bicyclic) bond motifs is 1. The van der Waals surface area contributed by atoms with Crippen molar-refractivity contribution in [3.63, 3.8) is 0 Å². The predicted molar refractivity (Wildman–Crippen MR) is 83.2 cm³/mol. The van der Waals surface area contributed by atoms with E-state index in [-0.39, 0.29) is 10.7 Å². The fraction of sp³-hybridized carbons (Fsp3) is 0.533. The molecule has 0 spiro atoms. The van der Waals surface area contributed by atoms with Crippen LogP contribution < -0.4 is 10.6 Å². The lowest BCUT2D eigenvalue weighted by molar-refractivity contribution is 0.0950. The number of aryl methyl sites for hydroxylation is 1. The number of carbonyl (C=O) groups excluding carboxylic acids is 1. The fourth-order valence-corrected chi connectivity index (χ4v) is 2.30. The van der Waals surface area contributed by atoms with Crippen molar-refractivity contribution in [3.8, 4) is 0 Å². The van der Waals surface area contributed by atoms with Gasteiger partial charge in [0.05, 0.1) is 0 Å². The van der Waals surface area contributed by atoms with Crippen LogP contribution in [0, 0.1) is 0 Å². The highest BCUT2D eigenvalue weighted by atomic mass is 32.2. The van der Waals surface area contributed by atoms with Gasteiger partial charge in [0.1, 0.15) is 0 Å². The Labute approximate surface area is 119 Å². The number of benzene rings is 1. The van der Waals surface area contributed by atoms with E-state index in [9.17, 15) is 4.79 Å². The number of rotatable bonds is 4. The van der Waals surface area contributed by atoms with E-state index in [1.807, 2.05) is 18.2 Å². The van der Waals surface area contributed by atoms with Crippen LogP contribution in [0.4, 0.5) is 5.69 Å². The summed E-state index contributed by atoms with van der Waals surface area (Å²) >= 11 is 1.76. The van der Waals surface area contributed by atoms with E-state index < -0.39 is 0 Å². The lowest BCUT2D eigenvalue weighted by Crippen LogP contribution is -2.36. The first-order valence-corrected chi connectivity index (χ1v) is 7.94. The van der Waals surface area contributed by atoms with Gasteiger partial charge in [0.2, 0.25) is 0 Å². The fourth-order valence-electron chi connectivity index (χ4n) is 2.08. The molecule has 0 bridgehead atoms. The second-order valence-corrected chi connectivity index (χ2v) is 7.06. The van der Waals surface area contributed by atoms with Crippen LogP contribution in [0.25, 0.3) is 0 Å². The van der Waals surface area contributed by atoms with Gasteiger partial charge in [-0.05, 0) is 56.7 Å². The summed E-state index contributed by atoms with van der Waals surface area (Å²) in [6.07, 6.45) is 4.26. The van der Waals surface area contributed by atoms with E-state index in [0.717, 1.165) is 24.9 Å². The monoisotopic (exact) mass is 278 g/mol. The normalized spacial score (nSPS) is 14.5. The summed E-state index contributed by atoms with van der Waals surface area (Å²) < 4.78 is 0.0748. The zero-order chi connectivity index (χ0) is 13.9. The first-order valence-electron chi connectivity index (χ1n) is 6.72. The molecule has 4 heteroatoms. The Bertz CT molecular complexity index is 471. The van der Waals surface area contributed by atoms with Crippen molar-refractivity contribution in [1.82, 2.24) is 5.32 Å². The number of anilines is 1. The molecule has 0 saturated heterocycles. The Kier molecular flexibility index (Phi) is 4.40. The molecule has 3 nitrogen and oxygen atoms in total. The van der Waals surface area contributed by atoms with Gasteiger partial charge < -0.3 is 10.6 Å². The minimum Gasteiger partial charge on any atom is -0.385 e. The number of hydrogen-bond acceptors (Lipinski definition) is 3. The second-order valence-electron chi connectivity index (χ2n) is 5.55. The smallest absolute Gasteiger partial charge is 0.251 e. The number of hydrogen-bond donors (Lipinski definition) is 2. The van der Waals surface area contributed by atoms with Crippen molar-refractivity contribution in [2.24, 2.45) is 0 Å². The number of amides is 1. The van der Waals surface area contributed by atoms with E-state index in [1.54, 1.807) is 11.8 Å². The molecule has 0 aliphatic carbocycles.